The van der Waals surface area contributed by atoms with E-state index in [0.29, 0.717) is 22.6 Å². The molecule has 0 aliphatic carbocycles. The minimum atomic E-state index is -0.416. The van der Waals surface area contributed by atoms with Crippen molar-refractivity contribution in [2.75, 3.05) is 5.32 Å². The Morgan fingerprint density at radius 2 is 1.97 bits per heavy atom. The van der Waals surface area contributed by atoms with E-state index >= 15 is 0 Å². The molecular weight excluding hydrogens is 465 g/mol. The Morgan fingerprint density at radius 3 is 2.77 bits per heavy atom. The first-order valence-electron chi connectivity index (χ1n) is 9.40. The minimum Gasteiger partial charge on any atom is -0.437 e. The van der Waals surface area contributed by atoms with Gasteiger partial charge in [0, 0.05) is 37.4 Å². The van der Waals surface area contributed by atoms with Crippen LogP contribution in [0, 0.1) is 5.82 Å². The zero-order chi connectivity index (χ0) is 21.6. The van der Waals surface area contributed by atoms with Gasteiger partial charge in [-0.1, -0.05) is 0 Å². The Morgan fingerprint density at radius 1 is 1.13 bits per heavy atom. The third kappa shape index (κ3) is 5.32. The van der Waals surface area contributed by atoms with Gasteiger partial charge in [-0.25, -0.2) is 9.37 Å². The second-order valence-electron chi connectivity index (χ2n) is 6.56. The van der Waals surface area contributed by atoms with Gasteiger partial charge in [-0.2, -0.15) is 5.10 Å². The number of nitrogens with zero attached hydrogens (tertiary/aromatic N) is 4. The molecule has 0 unspecified atom stereocenters. The van der Waals surface area contributed by atoms with Gasteiger partial charge < -0.3 is 10.1 Å². The fraction of sp³-hybridized carbons (Fsp3) is 0.0909. The predicted octanol–water partition coefficient (Wildman–Crippen LogP) is 4.86. The molecule has 1 aromatic carbocycles. The average molecular weight is 482 g/mol. The fourth-order valence-corrected chi connectivity index (χ4v) is 3.27. The SMILES string of the molecule is O=C(Nc1ccn(CCc2ccncc2)n1)c1cccnc1Oc1ccc(F)cc1Br. The lowest BCUT2D eigenvalue weighted by molar-refractivity contribution is 0.102. The number of amides is 1. The van der Waals surface area contributed by atoms with Crippen LogP contribution in [0.3, 0.4) is 0 Å². The summed E-state index contributed by atoms with van der Waals surface area (Å²) in [4.78, 5) is 20.9. The summed E-state index contributed by atoms with van der Waals surface area (Å²) < 4.78 is 21.2. The van der Waals surface area contributed by atoms with Gasteiger partial charge in [0.05, 0.1) is 4.47 Å². The second kappa shape index (κ2) is 9.48. The molecule has 9 heteroatoms. The number of aryl methyl sites for hydroxylation is 2. The van der Waals surface area contributed by atoms with Crippen molar-refractivity contribution >= 4 is 27.7 Å². The third-order valence-corrected chi connectivity index (χ3v) is 5.00. The topological polar surface area (TPSA) is 81.9 Å². The normalized spacial score (nSPS) is 10.6. The zero-order valence-electron chi connectivity index (χ0n) is 16.2. The zero-order valence-corrected chi connectivity index (χ0v) is 17.8. The van der Waals surface area contributed by atoms with Crippen LogP contribution in [0.1, 0.15) is 15.9 Å². The number of rotatable bonds is 7. The van der Waals surface area contributed by atoms with Crippen molar-refractivity contribution < 1.29 is 13.9 Å². The molecule has 7 nitrogen and oxygen atoms in total. The molecular formula is C22H17BrFN5O2. The summed E-state index contributed by atoms with van der Waals surface area (Å²) in [5, 5.41) is 7.14. The smallest absolute Gasteiger partial charge is 0.262 e. The quantitative estimate of drug-likeness (QED) is 0.407. The lowest BCUT2D eigenvalue weighted by Gasteiger charge is -2.10. The first-order valence-corrected chi connectivity index (χ1v) is 10.2. The van der Waals surface area contributed by atoms with Gasteiger partial charge in [-0.3, -0.25) is 14.5 Å². The summed E-state index contributed by atoms with van der Waals surface area (Å²) in [6, 6.07) is 12.9. The first kappa shape index (κ1) is 20.7. The Labute approximate surface area is 186 Å². The third-order valence-electron chi connectivity index (χ3n) is 4.38. The molecule has 4 rings (SSSR count). The van der Waals surface area contributed by atoms with Crippen molar-refractivity contribution in [3.05, 3.63) is 94.7 Å². The summed E-state index contributed by atoms with van der Waals surface area (Å²) in [5.41, 5.74) is 1.38. The van der Waals surface area contributed by atoms with Gasteiger partial charge in [0.15, 0.2) is 5.82 Å². The number of carbonyl (C=O) groups excluding carboxylic acids is 1. The lowest BCUT2D eigenvalue weighted by atomic mass is 10.2. The molecule has 0 fully saturated rings. The van der Waals surface area contributed by atoms with Crippen molar-refractivity contribution in [1.82, 2.24) is 19.7 Å². The van der Waals surface area contributed by atoms with Gasteiger partial charge in [0.1, 0.15) is 17.1 Å². The van der Waals surface area contributed by atoms with Crippen molar-refractivity contribution in [3.63, 3.8) is 0 Å². The Balaban J connectivity index is 1.44. The number of halogens is 2. The number of hydrogen-bond acceptors (Lipinski definition) is 5. The van der Waals surface area contributed by atoms with E-state index in [-0.39, 0.29) is 11.4 Å². The average Bonchev–Trinajstić information content (AvgIpc) is 3.22. The van der Waals surface area contributed by atoms with Crippen LogP contribution < -0.4 is 10.1 Å². The van der Waals surface area contributed by atoms with Crippen LogP contribution in [0.4, 0.5) is 10.2 Å². The molecule has 0 spiro atoms. The fourth-order valence-electron chi connectivity index (χ4n) is 2.84. The van der Waals surface area contributed by atoms with Gasteiger partial charge in [-0.15, -0.1) is 0 Å². The van der Waals surface area contributed by atoms with Crippen LogP contribution in [-0.4, -0.2) is 25.7 Å². The van der Waals surface area contributed by atoms with E-state index in [4.69, 9.17) is 4.74 Å². The molecule has 3 aromatic heterocycles. The number of ether oxygens (including phenoxy) is 1. The van der Waals surface area contributed by atoms with Gasteiger partial charge in [-0.05, 0) is 70.4 Å². The van der Waals surface area contributed by atoms with Crippen molar-refractivity contribution in [2.45, 2.75) is 13.0 Å². The summed E-state index contributed by atoms with van der Waals surface area (Å²) in [6.45, 7) is 0.666. The minimum absolute atomic E-state index is 0.101. The van der Waals surface area contributed by atoms with E-state index in [2.05, 4.69) is 36.3 Å². The molecule has 3 heterocycles. The van der Waals surface area contributed by atoms with Crippen LogP contribution in [-0.2, 0) is 13.0 Å². The van der Waals surface area contributed by atoms with Crippen LogP contribution in [0.15, 0.2) is 77.8 Å². The molecule has 1 amide bonds. The number of hydrogen-bond donors (Lipinski definition) is 1. The maximum absolute atomic E-state index is 13.3. The molecule has 0 aliphatic heterocycles. The molecule has 4 aromatic rings. The molecule has 0 saturated heterocycles. The second-order valence-corrected chi connectivity index (χ2v) is 7.41. The summed E-state index contributed by atoms with van der Waals surface area (Å²) >= 11 is 3.24. The number of benzene rings is 1. The van der Waals surface area contributed by atoms with E-state index in [1.165, 1.54) is 24.4 Å². The largest absolute Gasteiger partial charge is 0.437 e. The highest BCUT2D eigenvalue weighted by molar-refractivity contribution is 9.10. The Hall–Kier alpha value is -3.59. The number of carbonyl (C=O) groups is 1. The summed E-state index contributed by atoms with van der Waals surface area (Å²) in [6.07, 6.45) is 7.61. The summed E-state index contributed by atoms with van der Waals surface area (Å²) in [7, 11) is 0. The van der Waals surface area contributed by atoms with Crippen molar-refractivity contribution in [2.24, 2.45) is 0 Å². The van der Waals surface area contributed by atoms with Crippen LogP contribution >= 0.6 is 15.9 Å². The maximum Gasteiger partial charge on any atom is 0.262 e. The molecule has 0 aliphatic rings. The highest BCUT2D eigenvalue weighted by atomic mass is 79.9. The number of pyridine rings is 2. The van der Waals surface area contributed by atoms with Crippen LogP contribution in [0.25, 0.3) is 0 Å². The first-order chi connectivity index (χ1) is 15.1. The number of nitrogens with one attached hydrogen (secondary N) is 1. The maximum atomic E-state index is 13.3. The van der Waals surface area contributed by atoms with E-state index in [1.54, 1.807) is 41.5 Å². The standard InChI is InChI=1S/C22H17BrFN5O2/c23-18-14-16(24)3-4-19(18)31-22-17(2-1-9-26-22)21(30)27-20-8-13-29(28-20)12-7-15-5-10-25-11-6-15/h1-6,8-11,13-14H,7,12H2,(H,27,28,30). The van der Waals surface area contributed by atoms with E-state index in [9.17, 15) is 9.18 Å². The molecule has 156 valence electrons. The monoisotopic (exact) mass is 481 g/mol. The number of anilines is 1. The van der Waals surface area contributed by atoms with Crippen LogP contribution in [0.5, 0.6) is 11.6 Å². The highest BCUT2D eigenvalue weighted by Crippen LogP contribution is 2.31. The Kier molecular flexibility index (Phi) is 6.32. The number of aromatic nitrogens is 4. The van der Waals surface area contributed by atoms with Crippen molar-refractivity contribution in [1.29, 1.82) is 0 Å². The van der Waals surface area contributed by atoms with E-state index < -0.39 is 11.7 Å². The van der Waals surface area contributed by atoms with Gasteiger partial charge in [0.2, 0.25) is 5.88 Å². The molecule has 0 saturated carbocycles. The molecule has 0 radical (unpaired) electrons. The molecule has 1 N–H and O–H groups in total. The van der Waals surface area contributed by atoms with Crippen molar-refractivity contribution in [3.8, 4) is 11.6 Å². The Bertz CT molecular complexity index is 1200. The predicted molar refractivity (Wildman–Crippen MR) is 117 cm³/mol. The van der Waals surface area contributed by atoms with Gasteiger partial charge >= 0.3 is 0 Å². The van der Waals surface area contributed by atoms with E-state index in [0.717, 1.165) is 12.0 Å². The lowest BCUT2D eigenvalue weighted by Crippen LogP contribution is -2.14. The van der Waals surface area contributed by atoms with E-state index in [1.807, 2.05) is 12.1 Å². The molecule has 0 atom stereocenters. The molecule has 0 bridgehead atoms. The highest BCUT2D eigenvalue weighted by Gasteiger charge is 2.17. The van der Waals surface area contributed by atoms with Crippen LogP contribution in [0.2, 0.25) is 0 Å². The summed E-state index contributed by atoms with van der Waals surface area (Å²) in [5.74, 6) is 0.0370. The van der Waals surface area contributed by atoms with Gasteiger partial charge in [0.25, 0.3) is 5.91 Å². The molecule has 31 heavy (non-hydrogen) atoms.